The van der Waals surface area contributed by atoms with Crippen LogP contribution in [-0.4, -0.2) is 24.3 Å². The van der Waals surface area contributed by atoms with E-state index in [9.17, 15) is 18.3 Å². The van der Waals surface area contributed by atoms with Gasteiger partial charge in [-0.05, 0) is 32.0 Å². The number of alkyl halides is 3. The number of benzene rings is 1. The van der Waals surface area contributed by atoms with Crippen LogP contribution in [0, 0.1) is 0 Å². The van der Waals surface area contributed by atoms with Crippen molar-refractivity contribution in [2.24, 2.45) is 0 Å². The quantitative estimate of drug-likeness (QED) is 0.916. The van der Waals surface area contributed by atoms with Crippen LogP contribution in [0.1, 0.15) is 19.4 Å². The Kier molecular flexibility index (Phi) is 4.33. The standard InChI is InChI=1S/C12H15BrF3NO/c1-11(2,7-18)17(3)10-6-8(13)4-5-9(10)12(14,15)16/h4-6,18H,7H2,1-3H3. The minimum atomic E-state index is -4.42. The molecule has 0 heterocycles. The Hall–Kier alpha value is -0.750. The van der Waals surface area contributed by atoms with Gasteiger partial charge in [0.25, 0.3) is 0 Å². The zero-order valence-electron chi connectivity index (χ0n) is 10.3. The SMILES string of the molecule is CN(c1cc(Br)ccc1C(F)(F)F)C(C)(C)CO. The van der Waals surface area contributed by atoms with Gasteiger partial charge in [0.1, 0.15) is 0 Å². The van der Waals surface area contributed by atoms with E-state index in [1.165, 1.54) is 24.1 Å². The predicted octanol–water partition coefficient (Wildman–Crippen LogP) is 3.68. The first-order valence-electron chi connectivity index (χ1n) is 5.31. The maximum absolute atomic E-state index is 12.9. The van der Waals surface area contributed by atoms with Gasteiger partial charge in [-0.2, -0.15) is 13.2 Å². The summed E-state index contributed by atoms with van der Waals surface area (Å²) in [6.07, 6.45) is -4.42. The zero-order chi connectivity index (χ0) is 14.1. The summed E-state index contributed by atoms with van der Waals surface area (Å²) >= 11 is 3.16. The summed E-state index contributed by atoms with van der Waals surface area (Å²) in [5.41, 5.74) is -1.45. The minimum Gasteiger partial charge on any atom is -0.394 e. The molecule has 2 nitrogen and oxygen atoms in total. The first kappa shape index (κ1) is 15.3. The average molecular weight is 326 g/mol. The van der Waals surface area contributed by atoms with Crippen LogP contribution in [0.4, 0.5) is 18.9 Å². The second-order valence-electron chi connectivity index (χ2n) is 4.69. The molecule has 1 N–H and O–H groups in total. The molecule has 0 radical (unpaired) electrons. The maximum atomic E-state index is 12.9. The normalized spacial score (nSPS) is 12.7. The number of rotatable bonds is 3. The topological polar surface area (TPSA) is 23.5 Å². The van der Waals surface area contributed by atoms with Gasteiger partial charge in [0.05, 0.1) is 23.4 Å². The molecule has 0 aliphatic heterocycles. The van der Waals surface area contributed by atoms with Gasteiger partial charge in [-0.3, -0.25) is 0 Å². The molecule has 0 aromatic heterocycles. The molecule has 6 heteroatoms. The van der Waals surface area contributed by atoms with Crippen LogP contribution in [0.2, 0.25) is 0 Å². The van der Waals surface area contributed by atoms with Gasteiger partial charge in [-0.25, -0.2) is 0 Å². The Labute approximate surface area is 113 Å². The molecule has 0 saturated heterocycles. The molecule has 18 heavy (non-hydrogen) atoms. The highest BCUT2D eigenvalue weighted by Crippen LogP contribution is 2.39. The summed E-state index contributed by atoms with van der Waals surface area (Å²) in [7, 11) is 1.53. The fourth-order valence-corrected chi connectivity index (χ4v) is 1.80. The number of hydrogen-bond donors (Lipinski definition) is 1. The second-order valence-corrected chi connectivity index (χ2v) is 5.60. The summed E-state index contributed by atoms with van der Waals surface area (Å²) in [6, 6.07) is 3.79. The molecule has 0 aliphatic carbocycles. The van der Waals surface area contributed by atoms with Crippen molar-refractivity contribution in [2.45, 2.75) is 25.6 Å². The van der Waals surface area contributed by atoms with Crippen molar-refractivity contribution < 1.29 is 18.3 Å². The largest absolute Gasteiger partial charge is 0.418 e. The molecular weight excluding hydrogens is 311 g/mol. The number of nitrogens with zero attached hydrogens (tertiary/aromatic N) is 1. The lowest BCUT2D eigenvalue weighted by molar-refractivity contribution is -0.137. The zero-order valence-corrected chi connectivity index (χ0v) is 11.9. The number of aliphatic hydroxyl groups excluding tert-OH is 1. The van der Waals surface area contributed by atoms with Gasteiger partial charge in [-0.15, -0.1) is 0 Å². The fourth-order valence-electron chi connectivity index (χ4n) is 1.45. The molecule has 0 bridgehead atoms. The van der Waals surface area contributed by atoms with E-state index in [4.69, 9.17) is 0 Å². The minimum absolute atomic E-state index is 0.0379. The van der Waals surface area contributed by atoms with Crippen LogP contribution in [0.25, 0.3) is 0 Å². The lowest BCUT2D eigenvalue weighted by Gasteiger charge is -2.37. The number of anilines is 1. The third-order valence-electron chi connectivity index (χ3n) is 2.92. The number of likely N-dealkylation sites (N-methyl/N-ethyl adjacent to an activating group) is 1. The van der Waals surface area contributed by atoms with Gasteiger partial charge >= 0.3 is 6.18 Å². The molecule has 1 rings (SSSR count). The molecule has 0 fully saturated rings. The Morgan fingerprint density at radius 3 is 2.28 bits per heavy atom. The highest BCUT2D eigenvalue weighted by molar-refractivity contribution is 9.10. The molecule has 1 aromatic rings. The summed E-state index contributed by atoms with van der Waals surface area (Å²) in [5, 5.41) is 9.25. The molecule has 0 unspecified atom stereocenters. The highest BCUT2D eigenvalue weighted by atomic mass is 79.9. The summed E-state index contributed by atoms with van der Waals surface area (Å²) in [4.78, 5) is 1.43. The predicted molar refractivity (Wildman–Crippen MR) is 68.7 cm³/mol. The van der Waals surface area contributed by atoms with Crippen LogP contribution in [0.15, 0.2) is 22.7 Å². The molecule has 0 atom stereocenters. The molecule has 0 saturated carbocycles. The van der Waals surface area contributed by atoms with Crippen molar-refractivity contribution in [3.63, 3.8) is 0 Å². The van der Waals surface area contributed by atoms with Gasteiger partial charge in [0.2, 0.25) is 0 Å². The lowest BCUT2D eigenvalue weighted by atomic mass is 10.0. The van der Waals surface area contributed by atoms with Crippen LogP contribution in [0.3, 0.4) is 0 Å². The van der Waals surface area contributed by atoms with Crippen molar-refractivity contribution in [1.29, 1.82) is 0 Å². The van der Waals surface area contributed by atoms with Crippen LogP contribution < -0.4 is 4.90 Å². The highest BCUT2D eigenvalue weighted by Gasteiger charge is 2.36. The van der Waals surface area contributed by atoms with E-state index in [1.807, 2.05) is 0 Å². The van der Waals surface area contributed by atoms with Gasteiger partial charge in [-0.1, -0.05) is 15.9 Å². The van der Waals surface area contributed by atoms with E-state index in [2.05, 4.69) is 15.9 Å². The number of hydrogen-bond acceptors (Lipinski definition) is 2. The van der Waals surface area contributed by atoms with Crippen molar-refractivity contribution in [2.75, 3.05) is 18.6 Å². The Morgan fingerprint density at radius 1 is 1.28 bits per heavy atom. The molecule has 0 amide bonds. The first-order chi connectivity index (χ1) is 8.09. The van der Waals surface area contributed by atoms with Gasteiger partial charge in [0, 0.05) is 11.5 Å². The lowest BCUT2D eigenvalue weighted by Crippen LogP contribution is -2.45. The molecule has 0 aliphatic rings. The van der Waals surface area contributed by atoms with Crippen molar-refractivity contribution >= 4 is 21.6 Å². The first-order valence-corrected chi connectivity index (χ1v) is 6.10. The van der Waals surface area contributed by atoms with E-state index in [0.29, 0.717) is 4.47 Å². The molecule has 1 aromatic carbocycles. The Bertz CT molecular complexity index is 432. The summed E-state index contributed by atoms with van der Waals surface area (Å²) < 4.78 is 39.3. The van der Waals surface area contributed by atoms with Crippen molar-refractivity contribution in [1.82, 2.24) is 0 Å². The second kappa shape index (κ2) is 5.09. The van der Waals surface area contributed by atoms with Crippen molar-refractivity contribution in [3.8, 4) is 0 Å². The maximum Gasteiger partial charge on any atom is 0.418 e. The van der Waals surface area contributed by atoms with Crippen LogP contribution in [0.5, 0.6) is 0 Å². The molecular formula is C12H15BrF3NO. The fraction of sp³-hybridized carbons (Fsp3) is 0.500. The monoisotopic (exact) mass is 325 g/mol. The Balaban J connectivity index is 3.34. The Morgan fingerprint density at radius 2 is 1.83 bits per heavy atom. The van der Waals surface area contributed by atoms with E-state index < -0.39 is 17.3 Å². The number of halogens is 4. The molecule has 0 spiro atoms. The van der Waals surface area contributed by atoms with Gasteiger partial charge < -0.3 is 10.0 Å². The summed E-state index contributed by atoms with van der Waals surface area (Å²) in [5.74, 6) is 0. The van der Waals surface area contributed by atoms with Crippen LogP contribution >= 0.6 is 15.9 Å². The third-order valence-corrected chi connectivity index (χ3v) is 3.41. The van der Waals surface area contributed by atoms with E-state index >= 15 is 0 Å². The third kappa shape index (κ3) is 3.17. The van der Waals surface area contributed by atoms with E-state index in [0.717, 1.165) is 6.07 Å². The summed E-state index contributed by atoms with van der Waals surface area (Å²) in [6.45, 7) is 3.11. The van der Waals surface area contributed by atoms with Crippen molar-refractivity contribution in [3.05, 3.63) is 28.2 Å². The van der Waals surface area contributed by atoms with E-state index in [1.54, 1.807) is 13.8 Å². The van der Waals surface area contributed by atoms with Crippen LogP contribution in [-0.2, 0) is 6.18 Å². The smallest absolute Gasteiger partial charge is 0.394 e. The van der Waals surface area contributed by atoms with E-state index in [-0.39, 0.29) is 12.3 Å². The average Bonchev–Trinajstić information content (AvgIpc) is 2.26. The molecule has 102 valence electrons. The van der Waals surface area contributed by atoms with Gasteiger partial charge in [0.15, 0.2) is 0 Å². The number of aliphatic hydroxyl groups is 1.